The summed E-state index contributed by atoms with van der Waals surface area (Å²) in [5, 5.41) is 0. The van der Waals surface area contributed by atoms with E-state index in [0.717, 1.165) is 24.5 Å². The third-order valence-corrected chi connectivity index (χ3v) is 2.82. The first-order chi connectivity index (χ1) is 8.69. The molecule has 0 fully saturated rings. The van der Waals surface area contributed by atoms with Crippen molar-refractivity contribution in [2.24, 2.45) is 5.73 Å². The summed E-state index contributed by atoms with van der Waals surface area (Å²) in [4.78, 5) is 0. The van der Waals surface area contributed by atoms with Crippen molar-refractivity contribution in [2.45, 2.75) is 12.8 Å². The molecule has 0 bridgehead atoms. The van der Waals surface area contributed by atoms with Gasteiger partial charge in [-0.2, -0.15) is 0 Å². The standard InChI is InChI=1S/C15H15F2N/c16-14-8-13(9-15(17)10-14)12-5-3-11(4-6-12)2-1-7-18/h3-6,8-10H,1-2,7,18H2. The Morgan fingerprint density at radius 1 is 0.833 bits per heavy atom. The van der Waals surface area contributed by atoms with Crippen LogP contribution < -0.4 is 5.73 Å². The maximum absolute atomic E-state index is 13.1. The third kappa shape index (κ3) is 3.14. The summed E-state index contributed by atoms with van der Waals surface area (Å²) in [6, 6.07) is 11.2. The summed E-state index contributed by atoms with van der Waals surface area (Å²) in [7, 11) is 0. The van der Waals surface area contributed by atoms with Crippen molar-refractivity contribution < 1.29 is 8.78 Å². The predicted molar refractivity (Wildman–Crippen MR) is 69.2 cm³/mol. The fourth-order valence-electron chi connectivity index (χ4n) is 1.89. The maximum Gasteiger partial charge on any atom is 0.126 e. The molecule has 2 aromatic rings. The highest BCUT2D eigenvalue weighted by atomic mass is 19.1. The molecule has 0 aromatic heterocycles. The molecule has 0 radical (unpaired) electrons. The van der Waals surface area contributed by atoms with Crippen molar-refractivity contribution in [3.05, 3.63) is 59.7 Å². The van der Waals surface area contributed by atoms with E-state index in [1.165, 1.54) is 17.7 Å². The van der Waals surface area contributed by atoms with Crippen molar-refractivity contribution in [3.8, 4) is 11.1 Å². The van der Waals surface area contributed by atoms with Crippen LogP contribution in [0.4, 0.5) is 8.78 Å². The van der Waals surface area contributed by atoms with Crippen molar-refractivity contribution in [3.63, 3.8) is 0 Å². The van der Waals surface area contributed by atoms with Crippen LogP contribution >= 0.6 is 0 Å². The number of aryl methyl sites for hydroxylation is 1. The molecule has 0 saturated carbocycles. The summed E-state index contributed by atoms with van der Waals surface area (Å²) < 4.78 is 26.2. The smallest absolute Gasteiger partial charge is 0.126 e. The van der Waals surface area contributed by atoms with Gasteiger partial charge in [0.05, 0.1) is 0 Å². The van der Waals surface area contributed by atoms with Crippen LogP contribution in [-0.2, 0) is 6.42 Å². The van der Waals surface area contributed by atoms with Crippen LogP contribution in [0.5, 0.6) is 0 Å². The molecule has 3 heteroatoms. The Balaban J connectivity index is 2.23. The lowest BCUT2D eigenvalue weighted by Gasteiger charge is -2.05. The van der Waals surface area contributed by atoms with E-state index in [9.17, 15) is 8.78 Å². The molecule has 0 unspecified atom stereocenters. The normalized spacial score (nSPS) is 10.6. The first kappa shape index (κ1) is 12.7. The van der Waals surface area contributed by atoms with Crippen molar-refractivity contribution in [1.82, 2.24) is 0 Å². The average Bonchev–Trinajstić information content (AvgIpc) is 2.36. The van der Waals surface area contributed by atoms with Crippen LogP contribution in [0.2, 0.25) is 0 Å². The van der Waals surface area contributed by atoms with Gasteiger partial charge in [-0.3, -0.25) is 0 Å². The van der Waals surface area contributed by atoms with Gasteiger partial charge in [-0.25, -0.2) is 8.78 Å². The highest BCUT2D eigenvalue weighted by Gasteiger charge is 2.03. The zero-order valence-electron chi connectivity index (χ0n) is 10.00. The molecule has 18 heavy (non-hydrogen) atoms. The van der Waals surface area contributed by atoms with Gasteiger partial charge in [0.2, 0.25) is 0 Å². The van der Waals surface area contributed by atoms with Gasteiger partial charge in [0, 0.05) is 6.07 Å². The molecule has 0 aliphatic heterocycles. The van der Waals surface area contributed by atoms with E-state index < -0.39 is 11.6 Å². The minimum Gasteiger partial charge on any atom is -0.330 e. The number of nitrogens with two attached hydrogens (primary N) is 1. The molecule has 1 nitrogen and oxygen atoms in total. The fraction of sp³-hybridized carbons (Fsp3) is 0.200. The second kappa shape index (κ2) is 5.74. The van der Waals surface area contributed by atoms with Crippen molar-refractivity contribution >= 4 is 0 Å². The quantitative estimate of drug-likeness (QED) is 0.878. The second-order valence-corrected chi connectivity index (χ2v) is 4.25. The first-order valence-electron chi connectivity index (χ1n) is 5.94. The molecule has 0 spiro atoms. The Labute approximate surface area is 105 Å². The van der Waals surface area contributed by atoms with Crippen LogP contribution in [-0.4, -0.2) is 6.54 Å². The van der Waals surface area contributed by atoms with Crippen LogP contribution in [0, 0.1) is 11.6 Å². The lowest BCUT2D eigenvalue weighted by atomic mass is 10.0. The number of benzene rings is 2. The topological polar surface area (TPSA) is 26.0 Å². The molecular weight excluding hydrogens is 232 g/mol. The molecule has 94 valence electrons. The Bertz CT molecular complexity index is 500. The molecule has 0 aliphatic carbocycles. The third-order valence-electron chi connectivity index (χ3n) is 2.82. The predicted octanol–water partition coefficient (Wildman–Crippen LogP) is 3.52. The lowest BCUT2D eigenvalue weighted by molar-refractivity contribution is 0.584. The largest absolute Gasteiger partial charge is 0.330 e. The Hall–Kier alpha value is -1.74. The summed E-state index contributed by atoms with van der Waals surface area (Å²) in [6.07, 6.45) is 1.86. The lowest BCUT2D eigenvalue weighted by Crippen LogP contribution is -2.00. The SMILES string of the molecule is NCCCc1ccc(-c2cc(F)cc(F)c2)cc1. The van der Waals surface area contributed by atoms with Gasteiger partial charge in [-0.15, -0.1) is 0 Å². The summed E-state index contributed by atoms with van der Waals surface area (Å²) >= 11 is 0. The molecule has 0 amide bonds. The van der Waals surface area contributed by atoms with E-state index in [4.69, 9.17) is 5.73 Å². The Morgan fingerprint density at radius 2 is 1.44 bits per heavy atom. The highest BCUT2D eigenvalue weighted by molar-refractivity contribution is 5.63. The molecule has 0 heterocycles. The Kier molecular flexibility index (Phi) is 4.05. The summed E-state index contributed by atoms with van der Waals surface area (Å²) in [5.74, 6) is -1.12. The van der Waals surface area contributed by atoms with Gasteiger partial charge in [0.25, 0.3) is 0 Å². The highest BCUT2D eigenvalue weighted by Crippen LogP contribution is 2.22. The molecule has 2 aromatic carbocycles. The molecule has 2 rings (SSSR count). The van der Waals surface area contributed by atoms with E-state index in [-0.39, 0.29) is 0 Å². The molecular formula is C15H15F2N. The summed E-state index contributed by atoms with van der Waals surface area (Å²) in [6.45, 7) is 0.664. The number of hydrogen-bond donors (Lipinski definition) is 1. The van der Waals surface area contributed by atoms with Gasteiger partial charge in [-0.1, -0.05) is 24.3 Å². The van der Waals surface area contributed by atoms with Gasteiger partial charge in [-0.05, 0) is 48.2 Å². The molecule has 0 aliphatic rings. The Morgan fingerprint density at radius 3 is 2.00 bits per heavy atom. The van der Waals surface area contributed by atoms with E-state index in [1.54, 1.807) is 0 Å². The number of hydrogen-bond acceptors (Lipinski definition) is 1. The van der Waals surface area contributed by atoms with Crippen LogP contribution in [0.3, 0.4) is 0 Å². The molecule has 0 atom stereocenters. The van der Waals surface area contributed by atoms with Gasteiger partial charge in [0.15, 0.2) is 0 Å². The second-order valence-electron chi connectivity index (χ2n) is 4.25. The van der Waals surface area contributed by atoms with Gasteiger partial charge in [0.1, 0.15) is 11.6 Å². The minimum atomic E-state index is -0.558. The van der Waals surface area contributed by atoms with Gasteiger partial charge < -0.3 is 5.73 Å². The number of halogens is 2. The van der Waals surface area contributed by atoms with Crippen LogP contribution in [0.25, 0.3) is 11.1 Å². The molecule has 2 N–H and O–H groups in total. The van der Waals surface area contributed by atoms with Crippen LogP contribution in [0.15, 0.2) is 42.5 Å². The summed E-state index contributed by atoms with van der Waals surface area (Å²) in [5.41, 5.74) is 7.99. The first-order valence-corrected chi connectivity index (χ1v) is 5.94. The monoisotopic (exact) mass is 247 g/mol. The minimum absolute atomic E-state index is 0.554. The van der Waals surface area contributed by atoms with E-state index >= 15 is 0 Å². The van der Waals surface area contributed by atoms with E-state index in [0.29, 0.717) is 12.1 Å². The zero-order chi connectivity index (χ0) is 13.0. The van der Waals surface area contributed by atoms with E-state index in [2.05, 4.69) is 0 Å². The van der Waals surface area contributed by atoms with Crippen LogP contribution in [0.1, 0.15) is 12.0 Å². The maximum atomic E-state index is 13.1. The van der Waals surface area contributed by atoms with Crippen molar-refractivity contribution in [1.29, 1.82) is 0 Å². The average molecular weight is 247 g/mol. The fourth-order valence-corrected chi connectivity index (χ4v) is 1.89. The zero-order valence-corrected chi connectivity index (χ0v) is 10.00. The van der Waals surface area contributed by atoms with Crippen molar-refractivity contribution in [2.75, 3.05) is 6.54 Å². The van der Waals surface area contributed by atoms with Gasteiger partial charge >= 0.3 is 0 Å². The number of rotatable bonds is 4. The molecule has 0 saturated heterocycles. The van der Waals surface area contributed by atoms with E-state index in [1.807, 2.05) is 24.3 Å².